The summed E-state index contributed by atoms with van der Waals surface area (Å²) in [5.41, 5.74) is 5.46. The van der Waals surface area contributed by atoms with E-state index in [2.05, 4.69) is 23.2 Å². The summed E-state index contributed by atoms with van der Waals surface area (Å²) in [5.74, 6) is -0.740. The van der Waals surface area contributed by atoms with E-state index in [0.29, 0.717) is 31.3 Å². The van der Waals surface area contributed by atoms with E-state index in [-0.39, 0.29) is 15.4 Å². The van der Waals surface area contributed by atoms with E-state index in [9.17, 15) is 9.59 Å². The Kier molecular flexibility index (Phi) is 14.2. The van der Waals surface area contributed by atoms with E-state index in [1.54, 1.807) is 6.92 Å². The normalized spacial score (nSPS) is 9.25. The van der Waals surface area contributed by atoms with Crippen molar-refractivity contribution in [1.82, 2.24) is 5.32 Å². The molecule has 0 saturated heterocycles. The third-order valence-electron chi connectivity index (χ3n) is 1.77. The topological polar surface area (TPSA) is 90.6 Å². The Bertz CT molecular complexity index is 324. The molecule has 0 bridgehead atoms. The van der Waals surface area contributed by atoms with Crippen molar-refractivity contribution in [3.05, 3.63) is 24.8 Å². The Labute approximate surface area is 124 Å². The lowest BCUT2D eigenvalue weighted by Crippen LogP contribution is -2.27. The molecule has 0 unspecified atom stereocenters. The Morgan fingerprint density at radius 1 is 1.35 bits per heavy atom. The van der Waals surface area contributed by atoms with Crippen LogP contribution in [0.4, 0.5) is 0 Å². The maximum absolute atomic E-state index is 10.8. The van der Waals surface area contributed by atoms with E-state index in [1.807, 2.05) is 13.8 Å². The van der Waals surface area contributed by atoms with Crippen molar-refractivity contribution in [2.45, 2.75) is 26.8 Å². The molecule has 0 radical (unpaired) electrons. The molecule has 120 valence electrons. The number of esters is 2. The fraction of sp³-hybridized carbons (Fsp3) is 0.571. The van der Waals surface area contributed by atoms with Gasteiger partial charge in [0.1, 0.15) is 13.2 Å². The van der Waals surface area contributed by atoms with E-state index < -0.39 is 5.97 Å². The molecule has 0 aromatic carbocycles. The molecule has 20 heavy (non-hydrogen) atoms. The van der Waals surface area contributed by atoms with Crippen LogP contribution in [0.3, 0.4) is 0 Å². The van der Waals surface area contributed by atoms with Crippen molar-refractivity contribution in [3.8, 4) is 0 Å². The summed E-state index contributed by atoms with van der Waals surface area (Å²) in [4.78, 5) is 21.0. The lowest BCUT2D eigenvalue weighted by atomic mass is 10.4. The first-order valence-electron chi connectivity index (χ1n) is 6.40. The molecular formula is C14H30N2O4. The smallest absolute Gasteiger partial charge is 0.333 e. The van der Waals surface area contributed by atoms with Crippen LogP contribution in [-0.4, -0.2) is 44.3 Å². The average Bonchev–Trinajstić information content (AvgIpc) is 2.40. The number of nitrogens with one attached hydrogen (secondary N) is 1. The number of carbonyl (C=O) groups excluding carboxylic acids is 2. The zero-order chi connectivity index (χ0) is 16.0. The number of nitrogens with two attached hydrogens (primary N) is 1. The van der Waals surface area contributed by atoms with Gasteiger partial charge in [-0.05, 0) is 6.92 Å². The first-order chi connectivity index (χ1) is 9.34. The second kappa shape index (κ2) is 13.8. The highest BCUT2D eigenvalue weighted by Crippen LogP contribution is 1.90. The lowest BCUT2D eigenvalue weighted by molar-refractivity contribution is -0.139. The van der Waals surface area contributed by atoms with Gasteiger partial charge in [0.15, 0.2) is 0 Å². The minimum atomic E-state index is -0.421. The van der Waals surface area contributed by atoms with Crippen molar-refractivity contribution < 1.29 is 21.9 Å². The molecule has 6 heteroatoms. The third-order valence-corrected chi connectivity index (χ3v) is 1.77. The van der Waals surface area contributed by atoms with Crippen LogP contribution in [0.1, 0.15) is 23.6 Å². The van der Waals surface area contributed by atoms with E-state index in [0.717, 1.165) is 6.08 Å². The monoisotopic (exact) mass is 290 g/mol. The van der Waals surface area contributed by atoms with Gasteiger partial charge in [-0.2, -0.15) is 0 Å². The third kappa shape index (κ3) is 16.3. The number of rotatable bonds is 8. The Balaban J connectivity index is -0.000000144. The largest absolute Gasteiger partial charge is 0.461 e. The maximum atomic E-state index is 10.8. The predicted octanol–water partition coefficient (Wildman–Crippen LogP) is 1.27. The van der Waals surface area contributed by atoms with Crippen molar-refractivity contribution in [2.24, 2.45) is 5.73 Å². The minimum Gasteiger partial charge on any atom is -0.461 e. The van der Waals surface area contributed by atoms with Gasteiger partial charge in [-0.15, -0.1) is 0 Å². The molecule has 0 aromatic heterocycles. The minimum absolute atomic E-state index is 0. The van der Waals surface area contributed by atoms with Crippen LogP contribution in [0.25, 0.3) is 0 Å². The summed E-state index contributed by atoms with van der Waals surface area (Å²) in [6, 6.07) is 0.425. The molecule has 0 atom stereocenters. The molecule has 0 aliphatic carbocycles. The number of carbonyl (C=O) groups is 2. The molecule has 0 aliphatic heterocycles. The standard InChI is InChI=1S/C9H17NO2.C5H9NO2.2H2/c1-7(2)9(11)12-6-5-10-8(3)4;1-2-5(7)8-4-3-6;;/h8,10H,1,5-6H2,2-4H3;2H,1,3-4,6H2;2*1H. The maximum Gasteiger partial charge on any atom is 0.333 e. The number of hydrogen-bond acceptors (Lipinski definition) is 6. The molecule has 0 rings (SSSR count). The Morgan fingerprint density at radius 3 is 2.35 bits per heavy atom. The SMILES string of the molecule is C=C(C)C(=O)OCCNC(C)C.C=CC(=O)OCCN.[HH].[HH]. The lowest BCUT2D eigenvalue weighted by Gasteiger charge is -2.08. The van der Waals surface area contributed by atoms with Crippen molar-refractivity contribution >= 4 is 11.9 Å². The highest BCUT2D eigenvalue weighted by molar-refractivity contribution is 5.86. The second-order valence-electron chi connectivity index (χ2n) is 4.19. The number of ether oxygens (including phenoxy) is 2. The van der Waals surface area contributed by atoms with Crippen molar-refractivity contribution in [3.63, 3.8) is 0 Å². The highest BCUT2D eigenvalue weighted by atomic mass is 16.5. The Morgan fingerprint density at radius 2 is 1.95 bits per heavy atom. The van der Waals surface area contributed by atoms with Gasteiger partial charge in [0.2, 0.25) is 0 Å². The van der Waals surface area contributed by atoms with Crippen LogP contribution in [0, 0.1) is 0 Å². The summed E-state index contributed by atoms with van der Waals surface area (Å²) in [7, 11) is 0. The van der Waals surface area contributed by atoms with Gasteiger partial charge in [-0.3, -0.25) is 0 Å². The predicted molar refractivity (Wildman–Crippen MR) is 83.4 cm³/mol. The van der Waals surface area contributed by atoms with Crippen LogP contribution in [0.15, 0.2) is 24.8 Å². The van der Waals surface area contributed by atoms with E-state index in [4.69, 9.17) is 10.5 Å². The fourth-order valence-corrected chi connectivity index (χ4v) is 0.833. The molecule has 0 aromatic rings. The van der Waals surface area contributed by atoms with Gasteiger partial charge in [0.25, 0.3) is 0 Å². The summed E-state index contributed by atoms with van der Waals surface area (Å²) < 4.78 is 9.31. The van der Waals surface area contributed by atoms with Crippen molar-refractivity contribution in [2.75, 3.05) is 26.3 Å². The molecule has 6 nitrogen and oxygen atoms in total. The van der Waals surface area contributed by atoms with E-state index >= 15 is 0 Å². The van der Waals surface area contributed by atoms with Gasteiger partial charge < -0.3 is 20.5 Å². The molecule has 0 aliphatic rings. The molecular weight excluding hydrogens is 260 g/mol. The van der Waals surface area contributed by atoms with Gasteiger partial charge in [-0.1, -0.05) is 27.0 Å². The van der Waals surface area contributed by atoms with Gasteiger partial charge >= 0.3 is 11.9 Å². The highest BCUT2D eigenvalue weighted by Gasteiger charge is 2.01. The van der Waals surface area contributed by atoms with Crippen LogP contribution in [-0.2, 0) is 19.1 Å². The molecule has 0 fully saturated rings. The zero-order valence-corrected chi connectivity index (χ0v) is 12.6. The molecule has 0 spiro atoms. The van der Waals surface area contributed by atoms with Crippen molar-refractivity contribution in [1.29, 1.82) is 0 Å². The van der Waals surface area contributed by atoms with Crippen LogP contribution >= 0.6 is 0 Å². The van der Waals surface area contributed by atoms with Crippen LogP contribution in [0.5, 0.6) is 0 Å². The average molecular weight is 290 g/mol. The summed E-state index contributed by atoms with van der Waals surface area (Å²) >= 11 is 0. The summed E-state index contributed by atoms with van der Waals surface area (Å²) in [6.45, 7) is 14.1. The van der Waals surface area contributed by atoms with Crippen LogP contribution in [0.2, 0.25) is 0 Å². The number of hydrogen-bond donors (Lipinski definition) is 2. The Hall–Kier alpha value is -1.66. The van der Waals surface area contributed by atoms with Gasteiger partial charge in [0, 0.05) is 33.6 Å². The zero-order valence-electron chi connectivity index (χ0n) is 12.6. The molecule has 0 heterocycles. The molecule has 0 amide bonds. The quantitative estimate of drug-likeness (QED) is 0.397. The van der Waals surface area contributed by atoms with E-state index in [1.165, 1.54) is 0 Å². The first-order valence-corrected chi connectivity index (χ1v) is 6.40. The van der Waals surface area contributed by atoms with Gasteiger partial charge in [0.05, 0.1) is 0 Å². The molecule has 0 saturated carbocycles. The first kappa shape index (κ1) is 20.7. The summed E-state index contributed by atoms with van der Waals surface area (Å²) in [5, 5.41) is 3.13. The van der Waals surface area contributed by atoms with Crippen LogP contribution < -0.4 is 11.1 Å². The summed E-state index contributed by atoms with van der Waals surface area (Å²) in [6.07, 6.45) is 1.11. The van der Waals surface area contributed by atoms with Gasteiger partial charge in [-0.25, -0.2) is 9.59 Å². The molecule has 3 N–H and O–H groups in total. The fourth-order valence-electron chi connectivity index (χ4n) is 0.833. The second-order valence-corrected chi connectivity index (χ2v) is 4.19.